The molecule has 1 nitrogen and oxygen atoms in total. The van der Waals surface area contributed by atoms with Gasteiger partial charge in [-0.15, -0.1) is 11.3 Å². The van der Waals surface area contributed by atoms with Crippen LogP contribution in [0.5, 0.6) is 0 Å². The molecule has 0 saturated heterocycles. The number of hydrogen-bond donors (Lipinski definition) is 0. The highest BCUT2D eigenvalue weighted by Crippen LogP contribution is 2.35. The van der Waals surface area contributed by atoms with Crippen LogP contribution in [0, 0.1) is 0 Å². The average molecular weight is 475 g/mol. The average Bonchev–Trinajstić information content (AvgIpc) is 2.79. The molecule has 0 spiro atoms. The van der Waals surface area contributed by atoms with Crippen molar-refractivity contribution in [1.82, 2.24) is 0 Å². The van der Waals surface area contributed by atoms with Gasteiger partial charge in [0.1, 0.15) is 0 Å². The lowest BCUT2D eigenvalue weighted by atomic mass is 10.0. The Kier molecular flexibility index (Phi) is 4.13. The first-order valence-electron chi connectivity index (χ1n) is 5.74. The van der Waals surface area contributed by atoms with Gasteiger partial charge in [0.05, 0.1) is 8.66 Å². The summed E-state index contributed by atoms with van der Waals surface area (Å²) in [4.78, 5) is 13.4. The van der Waals surface area contributed by atoms with Crippen LogP contribution in [0.3, 0.4) is 0 Å². The zero-order chi connectivity index (χ0) is 14.3. The van der Waals surface area contributed by atoms with Crippen molar-refractivity contribution in [2.75, 3.05) is 0 Å². The molecule has 0 atom stereocenters. The van der Waals surface area contributed by atoms with E-state index in [-0.39, 0.29) is 5.78 Å². The molecule has 5 heteroatoms. The summed E-state index contributed by atoms with van der Waals surface area (Å²) in [5.41, 5.74) is 0.727. The van der Waals surface area contributed by atoms with Gasteiger partial charge in [-0.1, -0.05) is 40.2 Å². The van der Waals surface area contributed by atoms with Crippen molar-refractivity contribution >= 4 is 75.7 Å². The van der Waals surface area contributed by atoms with Gasteiger partial charge in [0.25, 0.3) is 0 Å². The zero-order valence-electron chi connectivity index (χ0n) is 9.99. The van der Waals surface area contributed by atoms with E-state index in [4.69, 9.17) is 0 Å². The summed E-state index contributed by atoms with van der Waals surface area (Å²) >= 11 is 11.8. The fourth-order valence-electron chi connectivity index (χ4n) is 2.05. The highest BCUT2D eigenvalue weighted by molar-refractivity contribution is 9.13. The second kappa shape index (κ2) is 5.72. The van der Waals surface area contributed by atoms with E-state index in [1.807, 2.05) is 42.5 Å². The quantitative estimate of drug-likeness (QED) is 0.392. The topological polar surface area (TPSA) is 17.1 Å². The number of ketones is 1. The van der Waals surface area contributed by atoms with Gasteiger partial charge in [0, 0.05) is 14.5 Å². The van der Waals surface area contributed by atoms with Crippen molar-refractivity contribution in [3.05, 3.63) is 65.6 Å². The smallest absolute Gasteiger partial charge is 0.203 e. The first kappa shape index (κ1) is 14.4. The third-order valence-electron chi connectivity index (χ3n) is 2.98. The maximum Gasteiger partial charge on any atom is 0.203 e. The Bertz CT molecular complexity index is 804. The molecular weight excluding hydrogens is 468 g/mol. The van der Waals surface area contributed by atoms with Crippen molar-refractivity contribution in [3.8, 4) is 0 Å². The molecule has 0 aliphatic carbocycles. The first-order valence-corrected chi connectivity index (χ1v) is 8.94. The van der Waals surface area contributed by atoms with E-state index in [2.05, 4.69) is 47.8 Å². The molecule has 0 unspecified atom stereocenters. The summed E-state index contributed by atoms with van der Waals surface area (Å²) in [6.45, 7) is 0. The van der Waals surface area contributed by atoms with Gasteiger partial charge >= 0.3 is 0 Å². The minimum Gasteiger partial charge on any atom is -0.288 e. The maximum absolute atomic E-state index is 12.7. The van der Waals surface area contributed by atoms with E-state index in [9.17, 15) is 4.79 Å². The molecule has 100 valence electrons. The molecule has 1 heterocycles. The predicted octanol–water partition coefficient (Wildman–Crippen LogP) is 6.42. The number of carbonyl (C=O) groups is 1. The number of rotatable bonds is 2. The molecule has 0 N–H and O–H groups in total. The number of carbonyl (C=O) groups excluding carboxylic acids is 1. The lowest BCUT2D eigenvalue weighted by molar-refractivity contribution is 0.104. The lowest BCUT2D eigenvalue weighted by Crippen LogP contribution is -1.99. The fraction of sp³-hybridized carbons (Fsp3) is 0. The van der Waals surface area contributed by atoms with Crippen LogP contribution in [0.2, 0.25) is 0 Å². The molecule has 0 amide bonds. The predicted molar refractivity (Wildman–Crippen MR) is 94.8 cm³/mol. The minimum absolute atomic E-state index is 0.0464. The number of benzene rings is 2. The third-order valence-corrected chi connectivity index (χ3v) is 6.93. The summed E-state index contributed by atoms with van der Waals surface area (Å²) in [7, 11) is 0. The Morgan fingerprint density at radius 3 is 2.25 bits per heavy atom. The Hall–Kier alpha value is -0.490. The molecule has 0 radical (unpaired) electrons. The number of hydrogen-bond acceptors (Lipinski definition) is 2. The Balaban J connectivity index is 2.20. The fourth-order valence-corrected chi connectivity index (χ4v) is 4.52. The second-order valence-electron chi connectivity index (χ2n) is 4.20. The van der Waals surface area contributed by atoms with Gasteiger partial charge in [0.15, 0.2) is 0 Å². The molecule has 0 bridgehead atoms. The van der Waals surface area contributed by atoms with E-state index in [1.165, 1.54) is 11.3 Å². The molecule has 0 aliphatic heterocycles. The number of halogens is 3. The van der Waals surface area contributed by atoms with Crippen molar-refractivity contribution < 1.29 is 4.79 Å². The Morgan fingerprint density at radius 2 is 1.60 bits per heavy atom. The molecular formula is C15H7Br3OS. The maximum atomic E-state index is 12.7. The van der Waals surface area contributed by atoms with Crippen LogP contribution in [0.4, 0.5) is 0 Å². The molecule has 0 saturated carbocycles. The molecule has 0 fully saturated rings. The molecule has 3 aromatic rings. The van der Waals surface area contributed by atoms with E-state index in [1.54, 1.807) is 0 Å². The second-order valence-corrected chi connectivity index (χ2v) is 8.28. The molecule has 20 heavy (non-hydrogen) atoms. The van der Waals surface area contributed by atoms with Crippen LogP contribution in [0.1, 0.15) is 15.2 Å². The van der Waals surface area contributed by atoms with Crippen LogP contribution in [-0.2, 0) is 0 Å². The third kappa shape index (κ3) is 2.52. The van der Waals surface area contributed by atoms with Gasteiger partial charge in [-0.3, -0.25) is 4.79 Å². The van der Waals surface area contributed by atoms with Crippen molar-refractivity contribution in [2.24, 2.45) is 0 Å². The van der Waals surface area contributed by atoms with E-state index in [0.29, 0.717) is 0 Å². The normalized spacial score (nSPS) is 10.9. The van der Waals surface area contributed by atoms with E-state index >= 15 is 0 Å². The monoisotopic (exact) mass is 472 g/mol. The summed E-state index contributed by atoms with van der Waals surface area (Å²) < 4.78 is 2.84. The van der Waals surface area contributed by atoms with Crippen molar-refractivity contribution in [1.29, 1.82) is 0 Å². The van der Waals surface area contributed by atoms with Gasteiger partial charge < -0.3 is 0 Å². The molecule has 2 aromatic carbocycles. The summed E-state index contributed by atoms with van der Waals surface area (Å²) in [6.07, 6.45) is 0. The number of thiophene rings is 1. The standard InChI is InChI=1S/C15H7Br3OS/c16-11-6-5-10(8-3-1-2-4-9(8)11)14(19)13-7-12(17)15(18)20-13/h1-7H. The highest BCUT2D eigenvalue weighted by atomic mass is 79.9. The largest absolute Gasteiger partial charge is 0.288 e. The SMILES string of the molecule is O=C(c1cc(Br)c(Br)s1)c1ccc(Br)c2ccccc12. The lowest BCUT2D eigenvalue weighted by Gasteiger charge is -2.06. The van der Waals surface area contributed by atoms with Crippen LogP contribution in [0.15, 0.2) is 55.2 Å². The summed E-state index contributed by atoms with van der Waals surface area (Å²) in [5, 5.41) is 2.01. The Morgan fingerprint density at radius 1 is 0.900 bits per heavy atom. The highest BCUT2D eigenvalue weighted by Gasteiger charge is 2.17. The van der Waals surface area contributed by atoms with Gasteiger partial charge in [0.2, 0.25) is 5.78 Å². The van der Waals surface area contributed by atoms with Gasteiger partial charge in [-0.05, 0) is 60.8 Å². The van der Waals surface area contributed by atoms with Crippen LogP contribution < -0.4 is 0 Å². The van der Waals surface area contributed by atoms with Gasteiger partial charge in [-0.25, -0.2) is 0 Å². The first-order chi connectivity index (χ1) is 9.58. The zero-order valence-corrected chi connectivity index (χ0v) is 15.6. The number of fused-ring (bicyclic) bond motifs is 1. The Labute approximate surface area is 145 Å². The summed E-state index contributed by atoms with van der Waals surface area (Å²) in [6, 6.07) is 13.6. The van der Waals surface area contributed by atoms with Crippen LogP contribution in [-0.4, -0.2) is 5.78 Å². The van der Waals surface area contributed by atoms with Gasteiger partial charge in [-0.2, -0.15) is 0 Å². The summed E-state index contributed by atoms with van der Waals surface area (Å²) in [5.74, 6) is 0.0464. The van der Waals surface area contributed by atoms with E-state index < -0.39 is 0 Å². The minimum atomic E-state index is 0.0464. The van der Waals surface area contributed by atoms with Crippen molar-refractivity contribution in [3.63, 3.8) is 0 Å². The van der Waals surface area contributed by atoms with Crippen LogP contribution >= 0.6 is 59.1 Å². The van der Waals surface area contributed by atoms with Crippen LogP contribution in [0.25, 0.3) is 10.8 Å². The molecule has 0 aliphatic rings. The van der Waals surface area contributed by atoms with Crippen molar-refractivity contribution in [2.45, 2.75) is 0 Å². The van der Waals surface area contributed by atoms with E-state index in [0.717, 1.165) is 33.9 Å². The molecule has 3 rings (SSSR count). The molecule has 1 aromatic heterocycles.